The van der Waals surface area contributed by atoms with Crippen LogP contribution in [-0.4, -0.2) is 77.7 Å². The Kier molecular flexibility index (Phi) is 4.62. The molecule has 8 nitrogen and oxygen atoms in total. The van der Waals surface area contributed by atoms with Gasteiger partial charge in [0.2, 0.25) is 0 Å². The summed E-state index contributed by atoms with van der Waals surface area (Å²) in [6.07, 6.45) is -0.437. The minimum Gasteiger partial charge on any atom is -0.366 e. The number of H-pyrrole nitrogens is 1. The number of benzene rings is 1. The summed E-state index contributed by atoms with van der Waals surface area (Å²) in [6.45, 7) is 5.93. The molecule has 1 amide bonds. The van der Waals surface area contributed by atoms with Crippen molar-refractivity contribution in [2.45, 2.75) is 12.6 Å². The number of rotatable bonds is 3. The molecule has 0 spiro atoms. The first-order chi connectivity index (χ1) is 13.7. The lowest BCUT2D eigenvalue weighted by atomic mass is 10.0. The Morgan fingerprint density at radius 3 is 2.79 bits per heavy atom. The number of fused-ring (bicyclic) bond motifs is 2. The molecule has 4 heterocycles. The van der Waals surface area contributed by atoms with E-state index in [1.807, 2.05) is 23.1 Å². The van der Waals surface area contributed by atoms with Crippen LogP contribution in [0.5, 0.6) is 0 Å². The predicted octanol–water partition coefficient (Wildman–Crippen LogP) is -0.198. The lowest BCUT2D eigenvalue weighted by Gasteiger charge is -2.33. The minimum absolute atomic E-state index is 0.0964. The molecule has 3 atom stereocenters. The number of carbonyl (C=O) groups is 1. The van der Waals surface area contributed by atoms with Crippen molar-refractivity contribution < 1.29 is 9.53 Å². The van der Waals surface area contributed by atoms with Gasteiger partial charge in [-0.25, -0.2) is 4.98 Å². The summed E-state index contributed by atoms with van der Waals surface area (Å²) in [5, 5.41) is 3.99. The molecule has 148 valence electrons. The summed E-state index contributed by atoms with van der Waals surface area (Å²) in [6, 6.07) is 7.33. The van der Waals surface area contributed by atoms with Crippen molar-refractivity contribution in [1.29, 1.82) is 0 Å². The van der Waals surface area contributed by atoms with Crippen molar-refractivity contribution in [1.82, 2.24) is 25.1 Å². The molecule has 1 aromatic carbocycles. The first kappa shape index (κ1) is 17.8. The highest BCUT2D eigenvalue weighted by Crippen LogP contribution is 2.27. The number of aromatic amines is 1. The van der Waals surface area contributed by atoms with E-state index in [0.717, 1.165) is 32.7 Å². The number of para-hydroxylation sites is 1. The number of hydrogen-bond donors (Lipinski definition) is 2. The Morgan fingerprint density at radius 1 is 1.18 bits per heavy atom. The standard InChI is InChI=1S/C20H25N5O3/c26-19-15-3-1-2-4-16(15)22-18(23-19)12-24-5-6-28-17(11-24)20(27)25-9-13-7-21-8-14(13)10-25/h1-4,13-14,17,21H,5-12H2,(H,22,23,26)/t13-,14+,17?. The van der Waals surface area contributed by atoms with E-state index in [1.54, 1.807) is 6.07 Å². The number of carbonyl (C=O) groups excluding carboxylic acids is 1. The van der Waals surface area contributed by atoms with E-state index in [4.69, 9.17) is 4.74 Å². The second-order valence-electron chi connectivity index (χ2n) is 8.05. The first-order valence-corrected chi connectivity index (χ1v) is 9.99. The van der Waals surface area contributed by atoms with Crippen LogP contribution in [0.4, 0.5) is 0 Å². The van der Waals surface area contributed by atoms with Crippen molar-refractivity contribution >= 4 is 16.8 Å². The summed E-state index contributed by atoms with van der Waals surface area (Å²) in [5.41, 5.74) is 0.568. The van der Waals surface area contributed by atoms with Crippen LogP contribution in [0.3, 0.4) is 0 Å². The summed E-state index contributed by atoms with van der Waals surface area (Å²) < 4.78 is 5.80. The van der Waals surface area contributed by atoms with Gasteiger partial charge < -0.3 is 19.9 Å². The molecule has 2 aromatic rings. The SMILES string of the molecule is O=C(C1CN(Cc2nc3ccccc3c(=O)[nH]2)CCO1)N1C[C@H]2CNC[C@H]2C1. The van der Waals surface area contributed by atoms with Gasteiger partial charge in [0.15, 0.2) is 0 Å². The van der Waals surface area contributed by atoms with E-state index < -0.39 is 6.10 Å². The molecule has 0 saturated carbocycles. The molecule has 3 aliphatic rings. The van der Waals surface area contributed by atoms with Gasteiger partial charge in [0.05, 0.1) is 24.1 Å². The zero-order valence-corrected chi connectivity index (χ0v) is 15.8. The Morgan fingerprint density at radius 2 is 1.96 bits per heavy atom. The summed E-state index contributed by atoms with van der Waals surface area (Å²) in [5.74, 6) is 1.88. The molecule has 1 aromatic heterocycles. The highest BCUT2D eigenvalue weighted by atomic mass is 16.5. The van der Waals surface area contributed by atoms with Crippen LogP contribution in [0.25, 0.3) is 10.9 Å². The fraction of sp³-hybridized carbons (Fsp3) is 0.550. The van der Waals surface area contributed by atoms with Crippen LogP contribution in [-0.2, 0) is 16.1 Å². The second-order valence-corrected chi connectivity index (χ2v) is 8.05. The molecule has 0 aliphatic carbocycles. The van der Waals surface area contributed by atoms with Crippen LogP contribution < -0.4 is 10.9 Å². The van der Waals surface area contributed by atoms with Gasteiger partial charge in [-0.3, -0.25) is 14.5 Å². The Balaban J connectivity index is 1.26. The molecule has 0 bridgehead atoms. The van der Waals surface area contributed by atoms with Crippen molar-refractivity contribution in [3.63, 3.8) is 0 Å². The maximum absolute atomic E-state index is 12.9. The van der Waals surface area contributed by atoms with Crippen molar-refractivity contribution in [3.05, 3.63) is 40.4 Å². The van der Waals surface area contributed by atoms with Gasteiger partial charge in [0.1, 0.15) is 11.9 Å². The highest BCUT2D eigenvalue weighted by molar-refractivity contribution is 5.81. The molecule has 8 heteroatoms. The number of aromatic nitrogens is 2. The van der Waals surface area contributed by atoms with E-state index in [1.165, 1.54) is 0 Å². The van der Waals surface area contributed by atoms with Crippen LogP contribution in [0.2, 0.25) is 0 Å². The third-order valence-electron chi connectivity index (χ3n) is 6.16. The van der Waals surface area contributed by atoms with Crippen LogP contribution in [0.1, 0.15) is 5.82 Å². The average Bonchev–Trinajstić information content (AvgIpc) is 3.30. The van der Waals surface area contributed by atoms with Crippen LogP contribution in [0, 0.1) is 11.8 Å². The van der Waals surface area contributed by atoms with Crippen molar-refractivity contribution in [2.24, 2.45) is 11.8 Å². The van der Waals surface area contributed by atoms with Gasteiger partial charge in [0, 0.05) is 39.3 Å². The molecule has 3 saturated heterocycles. The third kappa shape index (κ3) is 3.32. The Labute approximate surface area is 162 Å². The molecule has 2 N–H and O–H groups in total. The van der Waals surface area contributed by atoms with Gasteiger partial charge in [-0.1, -0.05) is 12.1 Å². The molecular weight excluding hydrogens is 358 g/mol. The Hall–Kier alpha value is -2.29. The Bertz CT molecular complexity index is 933. The number of likely N-dealkylation sites (tertiary alicyclic amines) is 1. The third-order valence-corrected chi connectivity index (χ3v) is 6.16. The van der Waals surface area contributed by atoms with Crippen LogP contribution in [0.15, 0.2) is 29.1 Å². The zero-order chi connectivity index (χ0) is 19.1. The average molecular weight is 383 g/mol. The van der Waals surface area contributed by atoms with Gasteiger partial charge in [-0.15, -0.1) is 0 Å². The summed E-state index contributed by atoms with van der Waals surface area (Å²) >= 11 is 0. The maximum atomic E-state index is 12.9. The number of morpholine rings is 1. The van der Waals surface area contributed by atoms with E-state index in [2.05, 4.69) is 20.2 Å². The number of nitrogens with one attached hydrogen (secondary N) is 2. The molecular formula is C20H25N5O3. The smallest absolute Gasteiger partial charge is 0.258 e. The van der Waals surface area contributed by atoms with Crippen molar-refractivity contribution in [2.75, 3.05) is 45.9 Å². The lowest BCUT2D eigenvalue weighted by molar-refractivity contribution is -0.149. The van der Waals surface area contributed by atoms with Gasteiger partial charge >= 0.3 is 0 Å². The largest absolute Gasteiger partial charge is 0.366 e. The monoisotopic (exact) mass is 383 g/mol. The molecule has 5 rings (SSSR count). The summed E-state index contributed by atoms with van der Waals surface area (Å²) in [7, 11) is 0. The van der Waals surface area contributed by atoms with E-state index >= 15 is 0 Å². The van der Waals surface area contributed by atoms with Crippen LogP contribution >= 0.6 is 0 Å². The summed E-state index contributed by atoms with van der Waals surface area (Å²) in [4.78, 5) is 36.8. The minimum atomic E-state index is -0.437. The zero-order valence-electron chi connectivity index (χ0n) is 15.8. The second kappa shape index (κ2) is 7.27. The fourth-order valence-electron chi connectivity index (χ4n) is 4.66. The van der Waals surface area contributed by atoms with Gasteiger partial charge in [-0.2, -0.15) is 0 Å². The van der Waals surface area contributed by atoms with Crippen molar-refractivity contribution in [3.8, 4) is 0 Å². The molecule has 1 unspecified atom stereocenters. The first-order valence-electron chi connectivity index (χ1n) is 9.99. The van der Waals surface area contributed by atoms with E-state index in [-0.39, 0.29) is 11.5 Å². The molecule has 28 heavy (non-hydrogen) atoms. The number of hydrogen-bond acceptors (Lipinski definition) is 6. The highest BCUT2D eigenvalue weighted by Gasteiger charge is 2.41. The molecule has 3 fully saturated rings. The topological polar surface area (TPSA) is 90.6 Å². The quantitative estimate of drug-likeness (QED) is 0.763. The normalized spacial score (nSPS) is 28.0. The predicted molar refractivity (Wildman–Crippen MR) is 104 cm³/mol. The fourth-order valence-corrected chi connectivity index (χ4v) is 4.66. The van der Waals surface area contributed by atoms with Gasteiger partial charge in [-0.05, 0) is 24.0 Å². The van der Waals surface area contributed by atoms with E-state index in [0.29, 0.717) is 48.3 Å². The maximum Gasteiger partial charge on any atom is 0.258 e. The molecule has 3 aliphatic heterocycles. The number of nitrogens with zero attached hydrogens (tertiary/aromatic N) is 3. The number of ether oxygens (including phenoxy) is 1. The van der Waals surface area contributed by atoms with E-state index in [9.17, 15) is 9.59 Å². The lowest BCUT2D eigenvalue weighted by Crippen LogP contribution is -2.50. The molecule has 0 radical (unpaired) electrons. The van der Waals surface area contributed by atoms with Gasteiger partial charge in [0.25, 0.3) is 11.5 Å². The number of amides is 1.